The second-order valence-corrected chi connectivity index (χ2v) is 8.65. The summed E-state index contributed by atoms with van der Waals surface area (Å²) >= 11 is 0. The fraction of sp³-hybridized carbons (Fsp3) is 0.920. The molecule has 0 rings (SSSR count). The molecular weight excluding hydrogens is 364 g/mol. The minimum atomic E-state index is -0.0536. The van der Waals surface area contributed by atoms with E-state index in [4.69, 9.17) is 9.47 Å². The molecule has 0 aromatic carbocycles. The van der Waals surface area contributed by atoms with Gasteiger partial charge in [0.1, 0.15) is 6.10 Å². The first kappa shape index (κ1) is 27.9. The number of rotatable bonds is 22. The number of esters is 1. The quantitative estimate of drug-likeness (QED) is 0.106. The smallest absolute Gasteiger partial charge is 0.305 e. The number of hydrogen-bond donors (Lipinski definition) is 0. The average Bonchev–Trinajstić information content (AvgIpc) is 2.71. The maximum absolute atomic E-state index is 11.7. The molecule has 2 unspecified atom stereocenters. The first-order chi connectivity index (χ1) is 14.1. The molecule has 0 aliphatic carbocycles. The van der Waals surface area contributed by atoms with Crippen molar-refractivity contribution in [1.82, 2.24) is 0 Å². The van der Waals surface area contributed by atoms with E-state index >= 15 is 0 Å². The van der Waals surface area contributed by atoms with E-state index in [0.29, 0.717) is 25.4 Å². The summed E-state index contributed by atoms with van der Waals surface area (Å²) in [5, 5.41) is 0. The van der Waals surface area contributed by atoms with Crippen LogP contribution in [0.15, 0.2) is 0 Å². The first-order valence-corrected chi connectivity index (χ1v) is 12.4. The SMILES string of the molecule is CCCCCCCCCC(CCCCCCCC(=O)OCC(C)CCC)OC=O. The van der Waals surface area contributed by atoms with Gasteiger partial charge in [-0.1, -0.05) is 85.0 Å². The molecule has 0 radical (unpaired) electrons. The lowest BCUT2D eigenvalue weighted by Crippen LogP contribution is -2.12. The Bertz CT molecular complexity index is 370. The van der Waals surface area contributed by atoms with E-state index in [-0.39, 0.29) is 12.1 Å². The highest BCUT2D eigenvalue weighted by atomic mass is 16.5. The number of carbonyl (C=O) groups is 2. The molecule has 0 saturated carbocycles. The van der Waals surface area contributed by atoms with Gasteiger partial charge in [-0.25, -0.2) is 0 Å². The third-order valence-electron chi connectivity index (χ3n) is 5.59. The van der Waals surface area contributed by atoms with Gasteiger partial charge in [0.25, 0.3) is 6.47 Å². The summed E-state index contributed by atoms with van der Waals surface area (Å²) in [6.07, 6.45) is 19.2. The summed E-state index contributed by atoms with van der Waals surface area (Å²) < 4.78 is 10.6. The van der Waals surface area contributed by atoms with Crippen LogP contribution in [0.25, 0.3) is 0 Å². The standard InChI is InChI=1S/C25H48O4/c1-4-6-7-8-9-11-14-18-24(29-22-26)19-15-12-10-13-16-20-25(27)28-21-23(3)17-5-2/h22-24H,4-21H2,1-3H3. The molecule has 0 aliphatic rings. The maximum Gasteiger partial charge on any atom is 0.305 e. The molecular formula is C25H48O4. The van der Waals surface area contributed by atoms with Crippen molar-refractivity contribution in [3.05, 3.63) is 0 Å². The molecule has 0 amide bonds. The molecule has 0 N–H and O–H groups in total. The Balaban J connectivity index is 3.58. The van der Waals surface area contributed by atoms with Gasteiger partial charge in [0.05, 0.1) is 6.61 Å². The van der Waals surface area contributed by atoms with E-state index in [0.717, 1.165) is 64.2 Å². The Morgan fingerprint density at radius 2 is 1.31 bits per heavy atom. The summed E-state index contributed by atoms with van der Waals surface area (Å²) in [7, 11) is 0. The highest BCUT2D eigenvalue weighted by molar-refractivity contribution is 5.69. The van der Waals surface area contributed by atoms with Gasteiger partial charge in [0.15, 0.2) is 0 Å². The monoisotopic (exact) mass is 412 g/mol. The molecule has 0 aromatic heterocycles. The zero-order chi connectivity index (χ0) is 21.6. The van der Waals surface area contributed by atoms with E-state index in [9.17, 15) is 9.59 Å². The van der Waals surface area contributed by atoms with Gasteiger partial charge in [0.2, 0.25) is 0 Å². The number of hydrogen-bond acceptors (Lipinski definition) is 4. The van der Waals surface area contributed by atoms with Crippen molar-refractivity contribution in [1.29, 1.82) is 0 Å². The predicted octanol–water partition coefficient (Wildman–Crippen LogP) is 7.38. The van der Waals surface area contributed by atoms with E-state index < -0.39 is 0 Å². The zero-order valence-corrected chi connectivity index (χ0v) is 19.6. The second kappa shape index (κ2) is 21.6. The van der Waals surface area contributed by atoms with Crippen molar-refractivity contribution in [3.63, 3.8) is 0 Å². The van der Waals surface area contributed by atoms with Crippen molar-refractivity contribution in [2.45, 2.75) is 136 Å². The molecule has 29 heavy (non-hydrogen) atoms. The Kier molecular flexibility index (Phi) is 20.9. The van der Waals surface area contributed by atoms with Gasteiger partial charge in [-0.3, -0.25) is 9.59 Å². The normalized spacial score (nSPS) is 13.1. The Labute approximate surface area is 180 Å². The number of unbranched alkanes of at least 4 members (excludes halogenated alkanes) is 10. The van der Waals surface area contributed by atoms with Gasteiger partial charge in [-0.15, -0.1) is 0 Å². The Morgan fingerprint density at radius 3 is 1.86 bits per heavy atom. The average molecular weight is 413 g/mol. The molecule has 0 bridgehead atoms. The van der Waals surface area contributed by atoms with E-state index in [1.807, 2.05) is 0 Å². The molecule has 0 saturated heterocycles. The van der Waals surface area contributed by atoms with Crippen LogP contribution in [-0.2, 0) is 19.1 Å². The highest BCUT2D eigenvalue weighted by Gasteiger charge is 2.09. The van der Waals surface area contributed by atoms with E-state index in [1.165, 1.54) is 38.5 Å². The molecule has 4 nitrogen and oxygen atoms in total. The maximum atomic E-state index is 11.7. The van der Waals surface area contributed by atoms with E-state index in [1.54, 1.807) is 0 Å². The van der Waals surface area contributed by atoms with Gasteiger partial charge in [0, 0.05) is 6.42 Å². The summed E-state index contributed by atoms with van der Waals surface area (Å²) in [5.74, 6) is 0.411. The first-order valence-electron chi connectivity index (χ1n) is 12.4. The predicted molar refractivity (Wildman–Crippen MR) is 121 cm³/mol. The van der Waals surface area contributed by atoms with Gasteiger partial charge < -0.3 is 9.47 Å². The zero-order valence-electron chi connectivity index (χ0n) is 19.6. The lowest BCUT2D eigenvalue weighted by atomic mass is 10.0. The van der Waals surface area contributed by atoms with Crippen molar-refractivity contribution >= 4 is 12.4 Å². The van der Waals surface area contributed by atoms with Crippen LogP contribution < -0.4 is 0 Å². The van der Waals surface area contributed by atoms with E-state index in [2.05, 4.69) is 20.8 Å². The molecule has 0 heterocycles. The minimum absolute atomic E-state index is 0.0536. The van der Waals surface area contributed by atoms with Crippen molar-refractivity contribution in [3.8, 4) is 0 Å². The second-order valence-electron chi connectivity index (χ2n) is 8.65. The molecule has 4 heteroatoms. The summed E-state index contributed by atoms with van der Waals surface area (Å²) in [6.45, 7) is 7.70. The molecule has 0 aliphatic heterocycles. The number of ether oxygens (including phenoxy) is 2. The lowest BCUT2D eigenvalue weighted by molar-refractivity contribution is -0.145. The molecule has 0 aromatic rings. The van der Waals surface area contributed by atoms with Crippen LogP contribution in [0, 0.1) is 5.92 Å². The van der Waals surface area contributed by atoms with Crippen LogP contribution in [0.4, 0.5) is 0 Å². The number of carbonyl (C=O) groups excluding carboxylic acids is 2. The van der Waals surface area contributed by atoms with Crippen LogP contribution in [-0.4, -0.2) is 25.2 Å². The fourth-order valence-corrected chi connectivity index (χ4v) is 3.74. The van der Waals surface area contributed by atoms with Gasteiger partial charge in [-0.2, -0.15) is 0 Å². The molecule has 172 valence electrons. The van der Waals surface area contributed by atoms with Crippen LogP contribution in [0.3, 0.4) is 0 Å². The largest absolute Gasteiger partial charge is 0.465 e. The van der Waals surface area contributed by atoms with Crippen LogP contribution in [0.1, 0.15) is 130 Å². The van der Waals surface area contributed by atoms with Crippen molar-refractivity contribution in [2.24, 2.45) is 5.92 Å². The van der Waals surface area contributed by atoms with Gasteiger partial charge >= 0.3 is 5.97 Å². The van der Waals surface area contributed by atoms with Crippen LogP contribution in [0.5, 0.6) is 0 Å². The minimum Gasteiger partial charge on any atom is -0.465 e. The Morgan fingerprint density at radius 1 is 0.759 bits per heavy atom. The van der Waals surface area contributed by atoms with Crippen LogP contribution >= 0.6 is 0 Å². The van der Waals surface area contributed by atoms with Crippen molar-refractivity contribution in [2.75, 3.05) is 6.61 Å². The van der Waals surface area contributed by atoms with Crippen LogP contribution in [0.2, 0.25) is 0 Å². The lowest BCUT2D eigenvalue weighted by Gasteiger charge is -2.15. The topological polar surface area (TPSA) is 52.6 Å². The summed E-state index contributed by atoms with van der Waals surface area (Å²) in [5.41, 5.74) is 0. The van der Waals surface area contributed by atoms with Gasteiger partial charge in [-0.05, 0) is 44.4 Å². The summed E-state index contributed by atoms with van der Waals surface area (Å²) in [4.78, 5) is 22.5. The molecule has 2 atom stereocenters. The fourth-order valence-electron chi connectivity index (χ4n) is 3.74. The third-order valence-corrected chi connectivity index (χ3v) is 5.59. The third kappa shape index (κ3) is 20.0. The summed E-state index contributed by atoms with van der Waals surface area (Å²) in [6, 6.07) is 0. The Hall–Kier alpha value is -1.06. The van der Waals surface area contributed by atoms with Crippen molar-refractivity contribution < 1.29 is 19.1 Å². The highest BCUT2D eigenvalue weighted by Crippen LogP contribution is 2.16. The molecule has 0 fully saturated rings. The molecule has 0 spiro atoms.